The SMILES string of the molecule is CCNc1cc(N)c(C(=O)OCC)s1. The lowest BCUT2D eigenvalue weighted by molar-refractivity contribution is 0.0533. The Kier molecular flexibility index (Phi) is 3.76. The van der Waals surface area contributed by atoms with Gasteiger partial charge in [-0.05, 0) is 19.9 Å². The van der Waals surface area contributed by atoms with Gasteiger partial charge in [0, 0.05) is 6.54 Å². The Labute approximate surface area is 87.1 Å². The van der Waals surface area contributed by atoms with Crippen molar-refractivity contribution >= 4 is 28.0 Å². The summed E-state index contributed by atoms with van der Waals surface area (Å²) in [5, 5.41) is 3.99. The van der Waals surface area contributed by atoms with E-state index >= 15 is 0 Å². The Balaban J connectivity index is 2.81. The van der Waals surface area contributed by atoms with Gasteiger partial charge in [-0.15, -0.1) is 11.3 Å². The van der Waals surface area contributed by atoms with Crippen LogP contribution in [-0.4, -0.2) is 19.1 Å². The molecule has 0 radical (unpaired) electrons. The van der Waals surface area contributed by atoms with Gasteiger partial charge in [-0.1, -0.05) is 0 Å². The summed E-state index contributed by atoms with van der Waals surface area (Å²) in [5.74, 6) is -0.348. The van der Waals surface area contributed by atoms with Gasteiger partial charge in [-0.2, -0.15) is 0 Å². The quantitative estimate of drug-likeness (QED) is 0.752. The van der Waals surface area contributed by atoms with Crippen LogP contribution in [0.2, 0.25) is 0 Å². The zero-order valence-electron chi connectivity index (χ0n) is 8.29. The first kappa shape index (κ1) is 10.8. The molecule has 0 spiro atoms. The van der Waals surface area contributed by atoms with E-state index in [2.05, 4.69) is 5.32 Å². The third-order valence-corrected chi connectivity index (χ3v) is 2.66. The molecular formula is C9H14N2O2S. The fraction of sp³-hybridized carbons (Fsp3) is 0.444. The maximum absolute atomic E-state index is 11.4. The standard InChI is InChI=1S/C9H14N2O2S/c1-3-11-7-5-6(10)8(14-7)9(12)13-4-2/h5,11H,3-4,10H2,1-2H3. The first-order valence-corrected chi connectivity index (χ1v) is 5.31. The average Bonchev–Trinajstić information content (AvgIpc) is 2.48. The van der Waals surface area contributed by atoms with E-state index in [4.69, 9.17) is 10.5 Å². The third-order valence-electron chi connectivity index (χ3n) is 1.57. The normalized spacial score (nSPS) is 9.86. The third kappa shape index (κ3) is 2.38. The molecule has 0 saturated carbocycles. The minimum atomic E-state index is -0.348. The molecule has 0 aliphatic carbocycles. The fourth-order valence-electron chi connectivity index (χ4n) is 1.02. The van der Waals surface area contributed by atoms with Gasteiger partial charge in [0.15, 0.2) is 0 Å². The van der Waals surface area contributed by atoms with E-state index in [1.165, 1.54) is 11.3 Å². The number of nitrogen functional groups attached to an aromatic ring is 1. The summed E-state index contributed by atoms with van der Waals surface area (Å²) in [6.07, 6.45) is 0. The maximum atomic E-state index is 11.4. The molecule has 3 N–H and O–H groups in total. The number of thiophene rings is 1. The first-order chi connectivity index (χ1) is 6.69. The number of esters is 1. The predicted octanol–water partition coefficient (Wildman–Crippen LogP) is 1.94. The van der Waals surface area contributed by atoms with Crippen LogP contribution in [0.25, 0.3) is 0 Å². The minimum Gasteiger partial charge on any atom is -0.462 e. The molecule has 14 heavy (non-hydrogen) atoms. The number of anilines is 2. The van der Waals surface area contributed by atoms with E-state index in [0.29, 0.717) is 17.2 Å². The summed E-state index contributed by atoms with van der Waals surface area (Å²) in [6, 6.07) is 1.75. The molecule has 0 unspecified atom stereocenters. The molecule has 0 saturated heterocycles. The Bertz CT molecular complexity index is 323. The first-order valence-electron chi connectivity index (χ1n) is 4.49. The second kappa shape index (κ2) is 4.85. The fourth-order valence-corrected chi connectivity index (χ4v) is 1.96. The molecule has 0 fully saturated rings. The van der Waals surface area contributed by atoms with Crippen LogP contribution in [0.3, 0.4) is 0 Å². The van der Waals surface area contributed by atoms with Crippen molar-refractivity contribution in [3.8, 4) is 0 Å². The maximum Gasteiger partial charge on any atom is 0.350 e. The second-order valence-corrected chi connectivity index (χ2v) is 3.70. The topological polar surface area (TPSA) is 64.3 Å². The lowest BCUT2D eigenvalue weighted by Gasteiger charge is -1.98. The Hall–Kier alpha value is -1.23. The predicted molar refractivity (Wildman–Crippen MR) is 58.9 cm³/mol. The largest absolute Gasteiger partial charge is 0.462 e. The number of nitrogens with one attached hydrogen (secondary N) is 1. The second-order valence-electron chi connectivity index (χ2n) is 2.65. The number of hydrogen-bond acceptors (Lipinski definition) is 5. The van der Waals surface area contributed by atoms with Crippen molar-refractivity contribution in [3.63, 3.8) is 0 Å². The molecular weight excluding hydrogens is 200 g/mol. The molecule has 1 rings (SSSR count). The lowest BCUT2D eigenvalue weighted by atomic mass is 10.4. The van der Waals surface area contributed by atoms with Crippen molar-refractivity contribution in [2.24, 2.45) is 0 Å². The van der Waals surface area contributed by atoms with Crippen LogP contribution in [-0.2, 0) is 4.74 Å². The van der Waals surface area contributed by atoms with Gasteiger partial charge < -0.3 is 15.8 Å². The number of rotatable bonds is 4. The highest BCUT2D eigenvalue weighted by Gasteiger charge is 2.14. The highest BCUT2D eigenvalue weighted by Crippen LogP contribution is 2.29. The van der Waals surface area contributed by atoms with E-state index in [9.17, 15) is 4.79 Å². The molecule has 0 amide bonds. The van der Waals surface area contributed by atoms with Crippen molar-refractivity contribution in [1.82, 2.24) is 0 Å². The minimum absolute atomic E-state index is 0.348. The number of nitrogens with two attached hydrogens (primary N) is 1. The van der Waals surface area contributed by atoms with Gasteiger partial charge in [0.1, 0.15) is 4.88 Å². The molecule has 0 bridgehead atoms. The van der Waals surface area contributed by atoms with Crippen LogP contribution in [0.5, 0.6) is 0 Å². The van der Waals surface area contributed by atoms with Gasteiger partial charge in [0.25, 0.3) is 0 Å². The van der Waals surface area contributed by atoms with Crippen molar-refractivity contribution in [2.45, 2.75) is 13.8 Å². The Morgan fingerprint density at radius 3 is 2.93 bits per heavy atom. The van der Waals surface area contributed by atoms with E-state index in [0.717, 1.165) is 11.5 Å². The van der Waals surface area contributed by atoms with E-state index in [1.807, 2.05) is 6.92 Å². The van der Waals surface area contributed by atoms with Gasteiger partial charge in [-0.25, -0.2) is 4.79 Å². The van der Waals surface area contributed by atoms with E-state index < -0.39 is 0 Å². The number of ether oxygens (including phenoxy) is 1. The molecule has 0 aliphatic rings. The van der Waals surface area contributed by atoms with Crippen molar-refractivity contribution in [2.75, 3.05) is 24.2 Å². The molecule has 78 valence electrons. The smallest absolute Gasteiger partial charge is 0.350 e. The summed E-state index contributed by atoms with van der Waals surface area (Å²) >= 11 is 1.32. The zero-order chi connectivity index (χ0) is 10.6. The Morgan fingerprint density at radius 1 is 1.64 bits per heavy atom. The van der Waals surface area contributed by atoms with Gasteiger partial charge in [-0.3, -0.25) is 0 Å². The molecule has 0 aromatic carbocycles. The molecule has 5 heteroatoms. The number of carbonyl (C=O) groups is 1. The average molecular weight is 214 g/mol. The van der Waals surface area contributed by atoms with Crippen LogP contribution >= 0.6 is 11.3 Å². The van der Waals surface area contributed by atoms with Crippen LogP contribution in [0.1, 0.15) is 23.5 Å². The zero-order valence-corrected chi connectivity index (χ0v) is 9.11. The number of hydrogen-bond donors (Lipinski definition) is 2. The highest BCUT2D eigenvalue weighted by atomic mass is 32.1. The molecule has 1 aromatic heterocycles. The summed E-state index contributed by atoms with van der Waals surface area (Å²) < 4.78 is 4.86. The summed E-state index contributed by atoms with van der Waals surface area (Å²) in [6.45, 7) is 4.93. The molecule has 0 aliphatic heterocycles. The van der Waals surface area contributed by atoms with Crippen LogP contribution in [0.4, 0.5) is 10.7 Å². The van der Waals surface area contributed by atoms with Gasteiger partial charge in [0.05, 0.1) is 17.3 Å². The van der Waals surface area contributed by atoms with Crippen LogP contribution in [0.15, 0.2) is 6.07 Å². The van der Waals surface area contributed by atoms with Crippen molar-refractivity contribution < 1.29 is 9.53 Å². The molecule has 1 heterocycles. The van der Waals surface area contributed by atoms with Crippen LogP contribution in [0, 0.1) is 0 Å². The Morgan fingerprint density at radius 2 is 2.36 bits per heavy atom. The summed E-state index contributed by atoms with van der Waals surface area (Å²) in [7, 11) is 0. The van der Waals surface area contributed by atoms with Gasteiger partial charge >= 0.3 is 5.97 Å². The molecule has 4 nitrogen and oxygen atoms in total. The van der Waals surface area contributed by atoms with E-state index in [1.54, 1.807) is 13.0 Å². The summed E-state index contributed by atoms with van der Waals surface area (Å²) in [4.78, 5) is 11.8. The lowest BCUT2D eigenvalue weighted by Crippen LogP contribution is -2.04. The van der Waals surface area contributed by atoms with E-state index in [-0.39, 0.29) is 5.97 Å². The molecule has 0 atom stereocenters. The number of carbonyl (C=O) groups excluding carboxylic acids is 1. The van der Waals surface area contributed by atoms with Crippen molar-refractivity contribution in [1.29, 1.82) is 0 Å². The van der Waals surface area contributed by atoms with Gasteiger partial charge in [0.2, 0.25) is 0 Å². The van der Waals surface area contributed by atoms with Crippen LogP contribution < -0.4 is 11.1 Å². The molecule has 1 aromatic rings. The monoisotopic (exact) mass is 214 g/mol. The highest BCUT2D eigenvalue weighted by molar-refractivity contribution is 7.18. The summed E-state index contributed by atoms with van der Waals surface area (Å²) in [5.41, 5.74) is 6.15. The van der Waals surface area contributed by atoms with Crippen molar-refractivity contribution in [3.05, 3.63) is 10.9 Å².